The van der Waals surface area contributed by atoms with E-state index in [2.05, 4.69) is 10.1 Å². The van der Waals surface area contributed by atoms with E-state index in [1.807, 2.05) is 6.92 Å². The maximum absolute atomic E-state index is 11.9. The molecule has 1 aromatic carbocycles. The number of carbonyl (C=O) groups excluding carboxylic acids is 1. The molecule has 4 nitrogen and oxygen atoms in total. The van der Waals surface area contributed by atoms with Gasteiger partial charge < -0.3 is 14.8 Å². The fraction of sp³-hybridized carbons (Fsp3) is 0.462. The molecule has 0 bridgehead atoms. The van der Waals surface area contributed by atoms with Gasteiger partial charge in [-0.05, 0) is 37.6 Å². The first-order valence-electron chi connectivity index (χ1n) is 6.04. The molecule has 1 rings (SSSR count). The van der Waals surface area contributed by atoms with E-state index >= 15 is 0 Å². The lowest BCUT2D eigenvalue weighted by Crippen LogP contribution is -2.25. The van der Waals surface area contributed by atoms with Gasteiger partial charge in [-0.3, -0.25) is 4.79 Å². The van der Waals surface area contributed by atoms with Crippen LogP contribution in [-0.2, 0) is 4.74 Å². The number of hydrogen-bond acceptors (Lipinski definition) is 3. The number of rotatable bonds is 8. The highest BCUT2D eigenvalue weighted by Crippen LogP contribution is 2.14. The normalized spacial score (nSPS) is 10.5. The molecule has 0 aliphatic rings. The van der Waals surface area contributed by atoms with Crippen molar-refractivity contribution in [1.29, 1.82) is 0 Å². The van der Waals surface area contributed by atoms with Crippen molar-refractivity contribution in [3.8, 4) is 5.75 Å². The van der Waals surface area contributed by atoms with E-state index in [1.54, 1.807) is 0 Å². The topological polar surface area (TPSA) is 47.6 Å². The molecule has 1 N–H and O–H groups in total. The average Bonchev–Trinajstić information content (AvgIpc) is 2.38. The van der Waals surface area contributed by atoms with Crippen LogP contribution in [0.3, 0.4) is 0 Å². The van der Waals surface area contributed by atoms with E-state index < -0.39 is 6.61 Å². The lowest BCUT2D eigenvalue weighted by atomic mass is 10.2. The number of alkyl halides is 2. The summed E-state index contributed by atoms with van der Waals surface area (Å²) in [5, 5.41) is 2.71. The molecule has 0 unspecified atom stereocenters. The second-order valence-electron chi connectivity index (χ2n) is 3.71. The summed E-state index contributed by atoms with van der Waals surface area (Å²) in [5.41, 5.74) is 0.401. The quantitative estimate of drug-likeness (QED) is 0.740. The number of amides is 1. The Morgan fingerprint density at radius 2 is 2.00 bits per heavy atom. The predicted octanol–water partition coefficient (Wildman–Crippen LogP) is 2.44. The van der Waals surface area contributed by atoms with Crippen molar-refractivity contribution in [2.45, 2.75) is 20.0 Å². The monoisotopic (exact) mass is 273 g/mol. The molecule has 0 saturated heterocycles. The summed E-state index contributed by atoms with van der Waals surface area (Å²) in [5.74, 6) is -0.219. The molecule has 0 heterocycles. The average molecular weight is 273 g/mol. The van der Waals surface area contributed by atoms with E-state index in [0.717, 1.165) is 6.42 Å². The van der Waals surface area contributed by atoms with Gasteiger partial charge >= 0.3 is 6.61 Å². The summed E-state index contributed by atoms with van der Waals surface area (Å²) in [6, 6.07) is 5.55. The highest BCUT2D eigenvalue weighted by atomic mass is 19.3. The zero-order valence-corrected chi connectivity index (χ0v) is 10.7. The third-order valence-electron chi connectivity index (χ3n) is 2.30. The first kappa shape index (κ1) is 15.4. The second kappa shape index (κ2) is 8.42. The molecule has 0 saturated carbocycles. The van der Waals surface area contributed by atoms with Crippen LogP contribution < -0.4 is 10.1 Å². The van der Waals surface area contributed by atoms with Gasteiger partial charge in [0, 0.05) is 25.3 Å². The van der Waals surface area contributed by atoms with Crippen LogP contribution in [0.1, 0.15) is 23.7 Å². The van der Waals surface area contributed by atoms with Crippen molar-refractivity contribution in [2.24, 2.45) is 0 Å². The minimum absolute atomic E-state index is 0.0305. The highest BCUT2D eigenvalue weighted by molar-refractivity contribution is 5.94. The smallest absolute Gasteiger partial charge is 0.387 e. The number of hydrogen-bond donors (Lipinski definition) is 1. The third-order valence-corrected chi connectivity index (χ3v) is 2.30. The van der Waals surface area contributed by atoms with Crippen LogP contribution in [0.5, 0.6) is 5.75 Å². The standard InChI is InChI=1S/C13H17F2NO3/c1-2-18-9-3-8-16-12(17)10-4-6-11(7-5-10)19-13(14)15/h4-7,13H,2-3,8-9H2,1H3,(H,16,17). The molecule has 6 heteroatoms. The Hall–Kier alpha value is -1.69. The van der Waals surface area contributed by atoms with Crippen molar-refractivity contribution in [3.63, 3.8) is 0 Å². The minimum Gasteiger partial charge on any atom is -0.435 e. The fourth-order valence-electron chi connectivity index (χ4n) is 1.41. The zero-order valence-electron chi connectivity index (χ0n) is 10.7. The van der Waals surface area contributed by atoms with Crippen molar-refractivity contribution < 1.29 is 23.0 Å². The van der Waals surface area contributed by atoms with E-state index in [4.69, 9.17) is 4.74 Å². The summed E-state index contributed by atoms with van der Waals surface area (Å²) in [6.07, 6.45) is 0.728. The first-order valence-corrected chi connectivity index (χ1v) is 6.04. The Morgan fingerprint density at radius 3 is 2.58 bits per heavy atom. The molecule has 0 atom stereocenters. The van der Waals surface area contributed by atoms with E-state index in [1.165, 1.54) is 24.3 Å². The van der Waals surface area contributed by atoms with Gasteiger partial charge in [-0.25, -0.2) is 0 Å². The summed E-state index contributed by atoms with van der Waals surface area (Å²) in [4.78, 5) is 11.7. The van der Waals surface area contributed by atoms with E-state index in [9.17, 15) is 13.6 Å². The minimum atomic E-state index is -2.86. The molecule has 0 radical (unpaired) electrons. The van der Waals surface area contributed by atoms with Gasteiger partial charge in [-0.15, -0.1) is 0 Å². The number of benzene rings is 1. The van der Waals surface area contributed by atoms with Crippen molar-refractivity contribution in [2.75, 3.05) is 19.8 Å². The Bertz CT molecular complexity index is 382. The Morgan fingerprint density at radius 1 is 1.32 bits per heavy atom. The summed E-state index contributed by atoms with van der Waals surface area (Å²) < 4.78 is 33.2. The SMILES string of the molecule is CCOCCCNC(=O)c1ccc(OC(F)F)cc1. The van der Waals surface area contributed by atoms with Gasteiger partial charge in [0.15, 0.2) is 0 Å². The van der Waals surface area contributed by atoms with Gasteiger partial charge in [0.1, 0.15) is 5.75 Å². The molecule has 0 aliphatic carbocycles. The molecule has 106 valence electrons. The zero-order chi connectivity index (χ0) is 14.1. The van der Waals surface area contributed by atoms with Crippen LogP contribution in [0, 0.1) is 0 Å². The van der Waals surface area contributed by atoms with E-state index in [0.29, 0.717) is 25.3 Å². The molecule has 0 spiro atoms. The number of halogens is 2. The van der Waals surface area contributed by atoms with Crippen molar-refractivity contribution in [1.82, 2.24) is 5.32 Å². The summed E-state index contributed by atoms with van der Waals surface area (Å²) >= 11 is 0. The number of nitrogens with one attached hydrogen (secondary N) is 1. The van der Waals surface area contributed by atoms with Gasteiger partial charge in [-0.2, -0.15) is 8.78 Å². The molecular weight excluding hydrogens is 256 g/mol. The number of carbonyl (C=O) groups is 1. The lowest BCUT2D eigenvalue weighted by Gasteiger charge is -2.07. The largest absolute Gasteiger partial charge is 0.435 e. The molecular formula is C13H17F2NO3. The molecule has 0 fully saturated rings. The molecule has 1 amide bonds. The van der Waals surface area contributed by atoms with Crippen LogP contribution >= 0.6 is 0 Å². The van der Waals surface area contributed by atoms with E-state index in [-0.39, 0.29) is 11.7 Å². The Balaban J connectivity index is 2.36. The predicted molar refractivity (Wildman–Crippen MR) is 66.5 cm³/mol. The Kier molecular flexibility index (Phi) is 6.81. The Labute approximate surface area is 110 Å². The second-order valence-corrected chi connectivity index (χ2v) is 3.71. The maximum Gasteiger partial charge on any atom is 0.387 e. The molecule has 19 heavy (non-hydrogen) atoms. The summed E-state index contributed by atoms with van der Waals surface area (Å²) in [6.45, 7) is 0.797. The molecule has 0 aliphatic heterocycles. The summed E-state index contributed by atoms with van der Waals surface area (Å²) in [7, 11) is 0. The van der Waals surface area contributed by atoms with Crippen molar-refractivity contribution in [3.05, 3.63) is 29.8 Å². The maximum atomic E-state index is 11.9. The lowest BCUT2D eigenvalue weighted by molar-refractivity contribution is -0.0498. The van der Waals surface area contributed by atoms with Gasteiger partial charge in [0.25, 0.3) is 5.91 Å². The molecule has 1 aromatic rings. The van der Waals surface area contributed by atoms with Gasteiger partial charge in [-0.1, -0.05) is 0 Å². The van der Waals surface area contributed by atoms with Crippen LogP contribution in [0.2, 0.25) is 0 Å². The fourth-order valence-corrected chi connectivity index (χ4v) is 1.41. The van der Waals surface area contributed by atoms with Crippen molar-refractivity contribution >= 4 is 5.91 Å². The van der Waals surface area contributed by atoms with Gasteiger partial charge in [0.2, 0.25) is 0 Å². The van der Waals surface area contributed by atoms with Gasteiger partial charge in [0.05, 0.1) is 0 Å². The van der Waals surface area contributed by atoms with Crippen LogP contribution in [0.15, 0.2) is 24.3 Å². The molecule has 0 aromatic heterocycles. The number of ether oxygens (including phenoxy) is 2. The first-order chi connectivity index (χ1) is 9.13. The highest BCUT2D eigenvalue weighted by Gasteiger charge is 2.07. The van der Waals surface area contributed by atoms with Crippen LogP contribution in [0.4, 0.5) is 8.78 Å². The third kappa shape index (κ3) is 6.15. The van der Waals surface area contributed by atoms with Crippen LogP contribution in [0.25, 0.3) is 0 Å². The van der Waals surface area contributed by atoms with Crippen LogP contribution in [-0.4, -0.2) is 32.3 Å².